The number of aldehydes is 1. The molecule has 0 aliphatic heterocycles. The molecule has 1 fully saturated rings. The smallest absolute Gasteiger partial charge is 0.289 e. The van der Waals surface area contributed by atoms with Crippen LogP contribution in [-0.4, -0.2) is 16.7 Å². The summed E-state index contributed by atoms with van der Waals surface area (Å²) in [4.78, 5) is 22.5. The van der Waals surface area contributed by atoms with Gasteiger partial charge in [0.1, 0.15) is 0 Å². The molecule has 0 amide bonds. The Bertz CT molecular complexity index is 539. The molecule has 0 heterocycles. The van der Waals surface area contributed by atoms with E-state index in [4.69, 9.17) is 0 Å². The topological polar surface area (TPSA) is 60.2 Å². The Morgan fingerprint density at radius 2 is 2.00 bits per heavy atom. The summed E-state index contributed by atoms with van der Waals surface area (Å²) in [6, 6.07) is 9.34. The molecule has 0 N–H and O–H groups in total. The standard InChI is InChI=1S/C14H13NO3/c16-10-14(15(17)18)9-11-6-7-13(14,8-11)12-4-2-1-3-5-12/h1-7,10-11H,8-9H2. The average Bonchev–Trinajstić information content (AvgIpc) is 2.96. The molecule has 3 atom stereocenters. The fourth-order valence-electron chi connectivity index (χ4n) is 3.53. The van der Waals surface area contributed by atoms with Gasteiger partial charge in [-0.2, -0.15) is 0 Å². The fourth-order valence-corrected chi connectivity index (χ4v) is 3.53. The summed E-state index contributed by atoms with van der Waals surface area (Å²) in [6.07, 6.45) is 5.40. The number of hydrogen-bond donors (Lipinski definition) is 0. The van der Waals surface area contributed by atoms with Gasteiger partial charge in [0.25, 0.3) is 5.54 Å². The number of allylic oxidation sites excluding steroid dienone is 1. The Kier molecular flexibility index (Phi) is 2.17. The molecule has 2 aliphatic carbocycles. The Balaban J connectivity index is 2.22. The van der Waals surface area contributed by atoms with Crippen molar-refractivity contribution in [2.75, 3.05) is 0 Å². The monoisotopic (exact) mass is 243 g/mol. The SMILES string of the molecule is O=CC1([N+](=O)[O-])CC2C=CC1(c1ccccc1)C2. The lowest BCUT2D eigenvalue weighted by molar-refractivity contribution is -0.558. The summed E-state index contributed by atoms with van der Waals surface area (Å²) in [7, 11) is 0. The van der Waals surface area contributed by atoms with Crippen LogP contribution in [0.1, 0.15) is 18.4 Å². The number of hydrogen-bond acceptors (Lipinski definition) is 3. The Morgan fingerprint density at radius 3 is 2.56 bits per heavy atom. The Labute approximate surface area is 104 Å². The molecule has 0 spiro atoms. The first-order chi connectivity index (χ1) is 8.64. The number of carbonyl (C=O) groups excluding carboxylic acids is 1. The van der Waals surface area contributed by atoms with E-state index in [2.05, 4.69) is 0 Å². The molecular formula is C14H13NO3. The number of benzene rings is 1. The van der Waals surface area contributed by atoms with E-state index in [1.807, 2.05) is 42.5 Å². The van der Waals surface area contributed by atoms with Gasteiger partial charge >= 0.3 is 0 Å². The molecule has 18 heavy (non-hydrogen) atoms. The Hall–Kier alpha value is -1.97. The molecule has 1 saturated carbocycles. The molecule has 0 radical (unpaired) electrons. The maximum Gasteiger partial charge on any atom is 0.289 e. The third-order valence-corrected chi connectivity index (χ3v) is 4.39. The van der Waals surface area contributed by atoms with E-state index < -0.39 is 15.9 Å². The second-order valence-electron chi connectivity index (χ2n) is 5.16. The van der Waals surface area contributed by atoms with Crippen LogP contribution < -0.4 is 0 Å². The molecular weight excluding hydrogens is 230 g/mol. The number of nitro groups is 1. The predicted octanol–water partition coefficient (Wildman–Crippen LogP) is 2.12. The second-order valence-corrected chi connectivity index (χ2v) is 5.16. The number of rotatable bonds is 3. The van der Waals surface area contributed by atoms with Gasteiger partial charge in [-0.15, -0.1) is 0 Å². The van der Waals surface area contributed by atoms with Gasteiger partial charge in [-0.3, -0.25) is 14.9 Å². The van der Waals surface area contributed by atoms with Crippen LogP contribution in [0.3, 0.4) is 0 Å². The number of nitrogens with zero attached hydrogens (tertiary/aromatic N) is 1. The molecule has 3 unspecified atom stereocenters. The maximum atomic E-state index is 11.5. The quantitative estimate of drug-likeness (QED) is 0.353. The molecule has 2 aliphatic rings. The predicted molar refractivity (Wildman–Crippen MR) is 65.8 cm³/mol. The van der Waals surface area contributed by atoms with Crippen molar-refractivity contribution in [3.8, 4) is 0 Å². The van der Waals surface area contributed by atoms with Gasteiger partial charge < -0.3 is 0 Å². The first-order valence-electron chi connectivity index (χ1n) is 6.00. The zero-order chi connectivity index (χ0) is 12.8. The van der Waals surface area contributed by atoms with Crippen LogP contribution >= 0.6 is 0 Å². The highest BCUT2D eigenvalue weighted by Crippen LogP contribution is 2.57. The highest BCUT2D eigenvalue weighted by molar-refractivity contribution is 5.71. The molecule has 1 aromatic rings. The zero-order valence-electron chi connectivity index (χ0n) is 9.78. The van der Waals surface area contributed by atoms with E-state index in [-0.39, 0.29) is 5.92 Å². The molecule has 4 nitrogen and oxygen atoms in total. The van der Waals surface area contributed by atoms with Crippen LogP contribution in [0.4, 0.5) is 0 Å². The average molecular weight is 243 g/mol. The van der Waals surface area contributed by atoms with Crippen molar-refractivity contribution in [3.05, 3.63) is 58.2 Å². The van der Waals surface area contributed by atoms with Crippen molar-refractivity contribution < 1.29 is 9.72 Å². The molecule has 4 heteroatoms. The number of fused-ring (bicyclic) bond motifs is 2. The first kappa shape index (κ1) is 11.1. The van der Waals surface area contributed by atoms with Gasteiger partial charge in [0.2, 0.25) is 0 Å². The molecule has 1 aromatic carbocycles. The van der Waals surface area contributed by atoms with Crippen LogP contribution in [0.15, 0.2) is 42.5 Å². The van der Waals surface area contributed by atoms with Crippen LogP contribution in [0.25, 0.3) is 0 Å². The summed E-state index contributed by atoms with van der Waals surface area (Å²) < 4.78 is 0. The fraction of sp³-hybridized carbons (Fsp3) is 0.357. The minimum absolute atomic E-state index is 0.140. The van der Waals surface area contributed by atoms with Crippen molar-refractivity contribution >= 4 is 6.29 Å². The van der Waals surface area contributed by atoms with Crippen LogP contribution in [0.2, 0.25) is 0 Å². The van der Waals surface area contributed by atoms with Gasteiger partial charge in [-0.05, 0) is 17.9 Å². The summed E-state index contributed by atoms with van der Waals surface area (Å²) in [5.74, 6) is 0.140. The lowest BCUT2D eigenvalue weighted by Crippen LogP contribution is -2.54. The summed E-state index contributed by atoms with van der Waals surface area (Å²) in [6.45, 7) is 0. The number of carbonyl (C=O) groups is 1. The summed E-state index contributed by atoms with van der Waals surface area (Å²) >= 11 is 0. The molecule has 2 bridgehead atoms. The van der Waals surface area contributed by atoms with Crippen molar-refractivity contribution in [2.45, 2.75) is 23.8 Å². The Morgan fingerprint density at radius 1 is 1.28 bits per heavy atom. The van der Waals surface area contributed by atoms with Gasteiger partial charge in [0.15, 0.2) is 6.29 Å². The van der Waals surface area contributed by atoms with E-state index in [0.29, 0.717) is 19.1 Å². The van der Waals surface area contributed by atoms with E-state index in [9.17, 15) is 14.9 Å². The first-order valence-corrected chi connectivity index (χ1v) is 6.00. The molecule has 3 rings (SSSR count). The van der Waals surface area contributed by atoms with Crippen molar-refractivity contribution in [1.29, 1.82) is 0 Å². The van der Waals surface area contributed by atoms with Gasteiger partial charge in [-0.25, -0.2) is 0 Å². The normalized spacial score (nSPS) is 36.8. The minimum atomic E-state index is -1.49. The highest BCUT2D eigenvalue weighted by atomic mass is 16.6. The van der Waals surface area contributed by atoms with Crippen LogP contribution in [0.5, 0.6) is 0 Å². The largest absolute Gasteiger partial charge is 0.295 e. The van der Waals surface area contributed by atoms with Gasteiger partial charge in [0, 0.05) is 11.3 Å². The molecule has 0 aromatic heterocycles. The van der Waals surface area contributed by atoms with Crippen LogP contribution in [-0.2, 0) is 10.2 Å². The lowest BCUT2D eigenvalue weighted by Gasteiger charge is -2.33. The molecule has 0 saturated heterocycles. The second kappa shape index (κ2) is 3.51. The third-order valence-electron chi connectivity index (χ3n) is 4.39. The zero-order valence-corrected chi connectivity index (χ0v) is 9.78. The molecule has 92 valence electrons. The third kappa shape index (κ3) is 1.12. The minimum Gasteiger partial charge on any atom is -0.295 e. The van der Waals surface area contributed by atoms with Gasteiger partial charge in [-0.1, -0.05) is 42.5 Å². The van der Waals surface area contributed by atoms with Gasteiger partial charge in [0.05, 0.1) is 5.41 Å². The van der Waals surface area contributed by atoms with E-state index in [0.717, 1.165) is 5.56 Å². The summed E-state index contributed by atoms with van der Waals surface area (Å²) in [5, 5.41) is 11.5. The van der Waals surface area contributed by atoms with E-state index in [1.54, 1.807) is 0 Å². The van der Waals surface area contributed by atoms with E-state index >= 15 is 0 Å². The maximum absolute atomic E-state index is 11.5. The van der Waals surface area contributed by atoms with Crippen molar-refractivity contribution in [2.24, 2.45) is 5.92 Å². The highest BCUT2D eigenvalue weighted by Gasteiger charge is 2.68. The van der Waals surface area contributed by atoms with E-state index in [1.165, 1.54) is 0 Å². The lowest BCUT2D eigenvalue weighted by atomic mass is 9.68. The summed E-state index contributed by atoms with van der Waals surface area (Å²) in [5.41, 5.74) is -1.39. The van der Waals surface area contributed by atoms with Crippen LogP contribution in [0, 0.1) is 16.0 Å². The van der Waals surface area contributed by atoms with Crippen molar-refractivity contribution in [1.82, 2.24) is 0 Å². The van der Waals surface area contributed by atoms with Crippen molar-refractivity contribution in [3.63, 3.8) is 0 Å².